The fraction of sp³-hybridized carbons (Fsp3) is 0.429. The molecule has 0 spiro atoms. The van der Waals surface area contributed by atoms with Gasteiger partial charge in [0.05, 0.1) is 6.10 Å². The summed E-state index contributed by atoms with van der Waals surface area (Å²) in [6.07, 6.45) is -0.411. The highest BCUT2D eigenvalue weighted by Crippen LogP contribution is 2.20. The molecule has 8 heteroatoms. The van der Waals surface area contributed by atoms with Gasteiger partial charge in [-0.05, 0) is 19.1 Å². The molecule has 1 aliphatic heterocycles. The van der Waals surface area contributed by atoms with Gasteiger partial charge >= 0.3 is 0 Å². The molecular weight excluding hydrogens is 308 g/mol. The standard InChI is InChI=1S/C14H18N4O3.ClH/c1-8-2-3-13(21-8)10-4-11(18-17-10)14(20)16-6-9-5-15-7-12(9)19;/h2-4,9,12,15,19H,5-7H2,1H3,(H,16,20)(H,17,18);1H. The van der Waals surface area contributed by atoms with E-state index in [1.807, 2.05) is 19.1 Å². The molecule has 0 radical (unpaired) electrons. The molecule has 1 amide bonds. The molecular formula is C14H19ClN4O3. The number of furan rings is 1. The van der Waals surface area contributed by atoms with Gasteiger partial charge in [-0.15, -0.1) is 12.4 Å². The van der Waals surface area contributed by atoms with Crippen LogP contribution in [0.25, 0.3) is 11.5 Å². The lowest BCUT2D eigenvalue weighted by molar-refractivity contribution is 0.0922. The van der Waals surface area contributed by atoms with Gasteiger partial charge in [0.1, 0.15) is 11.5 Å². The first-order valence-electron chi connectivity index (χ1n) is 6.92. The predicted octanol–water partition coefficient (Wildman–Crippen LogP) is 0.710. The van der Waals surface area contributed by atoms with Gasteiger partial charge in [-0.25, -0.2) is 0 Å². The lowest BCUT2D eigenvalue weighted by Gasteiger charge is -2.13. The second-order valence-corrected chi connectivity index (χ2v) is 5.27. The number of aliphatic hydroxyl groups excluding tert-OH is 1. The van der Waals surface area contributed by atoms with Crippen molar-refractivity contribution in [2.75, 3.05) is 19.6 Å². The zero-order valence-electron chi connectivity index (χ0n) is 12.1. The van der Waals surface area contributed by atoms with Crippen LogP contribution >= 0.6 is 12.4 Å². The van der Waals surface area contributed by atoms with Crippen LogP contribution in [0.5, 0.6) is 0 Å². The maximum atomic E-state index is 12.0. The Balaban J connectivity index is 0.00000176. The Bertz CT molecular complexity index is 640. The first-order valence-corrected chi connectivity index (χ1v) is 6.92. The Labute approximate surface area is 133 Å². The number of rotatable bonds is 4. The molecule has 0 aliphatic carbocycles. The molecule has 0 aromatic carbocycles. The zero-order valence-corrected chi connectivity index (χ0v) is 12.9. The first kappa shape index (κ1) is 16.5. The smallest absolute Gasteiger partial charge is 0.271 e. The molecule has 2 aromatic rings. The lowest BCUT2D eigenvalue weighted by Crippen LogP contribution is -2.34. The van der Waals surface area contributed by atoms with Crippen molar-refractivity contribution in [2.24, 2.45) is 5.92 Å². The molecule has 3 heterocycles. The number of carbonyl (C=O) groups is 1. The van der Waals surface area contributed by atoms with Crippen molar-refractivity contribution in [3.05, 3.63) is 29.7 Å². The van der Waals surface area contributed by atoms with Crippen LogP contribution in [0.3, 0.4) is 0 Å². The topological polar surface area (TPSA) is 103 Å². The average Bonchev–Trinajstić information content (AvgIpc) is 3.16. The van der Waals surface area contributed by atoms with Gasteiger partial charge in [-0.2, -0.15) is 5.10 Å². The van der Waals surface area contributed by atoms with Gasteiger partial charge in [0, 0.05) is 31.6 Å². The quantitative estimate of drug-likeness (QED) is 0.662. The van der Waals surface area contributed by atoms with Crippen molar-refractivity contribution in [3.8, 4) is 11.5 Å². The van der Waals surface area contributed by atoms with Crippen molar-refractivity contribution in [1.29, 1.82) is 0 Å². The molecule has 3 rings (SSSR count). The van der Waals surface area contributed by atoms with E-state index >= 15 is 0 Å². The van der Waals surface area contributed by atoms with E-state index in [1.54, 1.807) is 6.07 Å². The van der Waals surface area contributed by atoms with Gasteiger partial charge in [0.15, 0.2) is 11.5 Å². The number of nitrogens with one attached hydrogen (secondary N) is 3. The minimum Gasteiger partial charge on any atom is -0.460 e. The van der Waals surface area contributed by atoms with Crippen LogP contribution in [0.4, 0.5) is 0 Å². The zero-order chi connectivity index (χ0) is 14.8. The summed E-state index contributed by atoms with van der Waals surface area (Å²) in [4.78, 5) is 12.0. The molecule has 2 aromatic heterocycles. The Morgan fingerprint density at radius 2 is 2.32 bits per heavy atom. The lowest BCUT2D eigenvalue weighted by atomic mass is 10.1. The number of H-pyrrole nitrogens is 1. The normalized spacial score (nSPS) is 20.6. The molecule has 2 unspecified atom stereocenters. The maximum absolute atomic E-state index is 12.0. The SMILES string of the molecule is Cc1ccc(-c2cc(C(=O)NCC3CNCC3O)n[nH]2)o1.Cl. The maximum Gasteiger partial charge on any atom is 0.271 e. The van der Waals surface area contributed by atoms with E-state index in [0.29, 0.717) is 36.8 Å². The van der Waals surface area contributed by atoms with E-state index in [1.165, 1.54) is 0 Å². The number of aryl methyl sites for hydroxylation is 1. The van der Waals surface area contributed by atoms with Crippen LogP contribution in [0.1, 0.15) is 16.2 Å². The molecule has 0 bridgehead atoms. The van der Waals surface area contributed by atoms with Gasteiger partial charge < -0.3 is 20.2 Å². The van der Waals surface area contributed by atoms with E-state index < -0.39 is 6.10 Å². The Kier molecular flexibility index (Phi) is 5.23. The van der Waals surface area contributed by atoms with Crippen molar-refractivity contribution in [2.45, 2.75) is 13.0 Å². The highest BCUT2D eigenvalue weighted by atomic mass is 35.5. The molecule has 0 saturated carbocycles. The minimum absolute atomic E-state index is 0. The molecule has 2 atom stereocenters. The van der Waals surface area contributed by atoms with Gasteiger partial charge in [0.2, 0.25) is 0 Å². The van der Waals surface area contributed by atoms with E-state index in [9.17, 15) is 9.90 Å². The molecule has 1 aliphatic rings. The summed E-state index contributed by atoms with van der Waals surface area (Å²) in [5.41, 5.74) is 0.968. The number of carbonyl (C=O) groups excluding carboxylic acids is 1. The van der Waals surface area contributed by atoms with E-state index in [4.69, 9.17) is 4.42 Å². The monoisotopic (exact) mass is 326 g/mol. The third kappa shape index (κ3) is 3.49. The summed E-state index contributed by atoms with van der Waals surface area (Å²) < 4.78 is 5.47. The Morgan fingerprint density at radius 1 is 1.50 bits per heavy atom. The van der Waals surface area contributed by atoms with Gasteiger partial charge in [0.25, 0.3) is 5.91 Å². The van der Waals surface area contributed by atoms with Crippen molar-refractivity contribution in [1.82, 2.24) is 20.8 Å². The van der Waals surface area contributed by atoms with Crippen LogP contribution in [0.2, 0.25) is 0 Å². The molecule has 7 nitrogen and oxygen atoms in total. The number of halogens is 1. The molecule has 1 saturated heterocycles. The van der Waals surface area contributed by atoms with Crippen LogP contribution in [-0.4, -0.2) is 46.9 Å². The van der Waals surface area contributed by atoms with Crippen LogP contribution in [0, 0.1) is 12.8 Å². The number of hydrogen-bond acceptors (Lipinski definition) is 5. The Morgan fingerprint density at radius 3 is 2.95 bits per heavy atom. The summed E-state index contributed by atoms with van der Waals surface area (Å²) in [7, 11) is 0. The second-order valence-electron chi connectivity index (χ2n) is 5.27. The number of β-amino-alcohol motifs (C(OH)–C–C–N with tert-alkyl or cyclic N) is 1. The highest BCUT2D eigenvalue weighted by molar-refractivity contribution is 5.93. The predicted molar refractivity (Wildman–Crippen MR) is 83.0 cm³/mol. The first-order chi connectivity index (χ1) is 10.1. The summed E-state index contributed by atoms with van der Waals surface area (Å²) >= 11 is 0. The van der Waals surface area contributed by atoms with E-state index in [0.717, 1.165) is 5.76 Å². The number of amides is 1. The Hall–Kier alpha value is -1.83. The van der Waals surface area contributed by atoms with Crippen LogP contribution < -0.4 is 10.6 Å². The average molecular weight is 327 g/mol. The highest BCUT2D eigenvalue weighted by Gasteiger charge is 2.25. The van der Waals surface area contributed by atoms with Crippen LogP contribution in [-0.2, 0) is 0 Å². The number of nitrogens with zero attached hydrogens (tertiary/aromatic N) is 1. The third-order valence-electron chi connectivity index (χ3n) is 3.65. The van der Waals surface area contributed by atoms with E-state index in [-0.39, 0.29) is 24.2 Å². The second kappa shape index (κ2) is 6.95. The summed E-state index contributed by atoms with van der Waals surface area (Å²) in [5, 5.41) is 22.3. The van der Waals surface area contributed by atoms with Crippen molar-refractivity contribution >= 4 is 18.3 Å². The largest absolute Gasteiger partial charge is 0.460 e. The summed E-state index contributed by atoms with van der Waals surface area (Å²) in [5.74, 6) is 1.22. The number of aliphatic hydroxyl groups is 1. The molecule has 1 fully saturated rings. The summed E-state index contributed by atoms with van der Waals surface area (Å²) in [6, 6.07) is 5.33. The van der Waals surface area contributed by atoms with Crippen LogP contribution in [0.15, 0.2) is 22.6 Å². The number of hydrogen-bond donors (Lipinski definition) is 4. The number of aromatic nitrogens is 2. The van der Waals surface area contributed by atoms with Crippen molar-refractivity contribution in [3.63, 3.8) is 0 Å². The van der Waals surface area contributed by atoms with Crippen molar-refractivity contribution < 1.29 is 14.3 Å². The molecule has 4 N–H and O–H groups in total. The minimum atomic E-state index is -0.411. The third-order valence-corrected chi connectivity index (χ3v) is 3.65. The fourth-order valence-electron chi connectivity index (χ4n) is 2.39. The van der Waals surface area contributed by atoms with Gasteiger partial charge in [-0.1, -0.05) is 0 Å². The fourth-order valence-corrected chi connectivity index (χ4v) is 2.39. The summed E-state index contributed by atoms with van der Waals surface area (Å²) in [6.45, 7) is 3.56. The molecule has 120 valence electrons. The van der Waals surface area contributed by atoms with Gasteiger partial charge in [-0.3, -0.25) is 9.89 Å². The number of aromatic amines is 1. The van der Waals surface area contributed by atoms with E-state index in [2.05, 4.69) is 20.8 Å². The molecule has 22 heavy (non-hydrogen) atoms.